The minimum Gasteiger partial charge on any atom is -0.210 e. The molecule has 1 heteroatoms. The van der Waals surface area contributed by atoms with Crippen molar-refractivity contribution >= 4 is 0 Å². The molecule has 0 saturated heterocycles. The van der Waals surface area contributed by atoms with Crippen molar-refractivity contribution in [3.05, 3.63) is 58.7 Å². The van der Waals surface area contributed by atoms with Crippen molar-refractivity contribution in [1.29, 1.82) is 0 Å². The van der Waals surface area contributed by atoms with E-state index in [2.05, 4.69) is 77.9 Å². The number of hydrogen-bond donors (Lipinski definition) is 0. The van der Waals surface area contributed by atoms with Gasteiger partial charge in [-0.05, 0) is 0 Å². The summed E-state index contributed by atoms with van der Waals surface area (Å²) < 4.78 is 0. The second kappa shape index (κ2) is 10.3. The maximum absolute atomic E-state index is 2.30. The summed E-state index contributed by atoms with van der Waals surface area (Å²) in [5.41, 5.74) is 5.86. The summed E-state index contributed by atoms with van der Waals surface area (Å²) in [4.78, 5) is 0. The molecule has 0 aliphatic rings. The Morgan fingerprint density at radius 2 is 1.10 bits per heavy atom. The fourth-order valence-corrected chi connectivity index (χ4v) is 2.19. The fourth-order valence-electron chi connectivity index (χ4n) is 2.19. The summed E-state index contributed by atoms with van der Waals surface area (Å²) in [6.07, 6.45) is 2.32. The molecule has 0 nitrogen and oxygen atoms in total. The average Bonchev–Trinajstić information content (AvgIpc) is 3.08. The summed E-state index contributed by atoms with van der Waals surface area (Å²) in [5.74, 6) is 1.36. The van der Waals surface area contributed by atoms with Crippen molar-refractivity contribution in [2.75, 3.05) is 0 Å². The molecule has 0 aliphatic carbocycles. The maximum atomic E-state index is 2.30. The third kappa shape index (κ3) is 6.91. The summed E-state index contributed by atoms with van der Waals surface area (Å²) in [6, 6.07) is 13.5. The van der Waals surface area contributed by atoms with Gasteiger partial charge in [0.15, 0.2) is 0 Å². The SMILES string of the molecule is CC[c-]1ccc(C(C)C)c1.CC[c-]1ccc(C(C)C)c1.[Hf]. The van der Waals surface area contributed by atoms with Crippen LogP contribution in [0.1, 0.15) is 75.6 Å². The second-order valence-electron chi connectivity index (χ2n) is 6.12. The first-order valence-electron chi connectivity index (χ1n) is 7.98. The molecule has 0 atom stereocenters. The molecule has 0 bridgehead atoms. The van der Waals surface area contributed by atoms with E-state index in [1.165, 1.54) is 22.3 Å². The predicted octanol–water partition coefficient (Wildman–Crippen LogP) is 6.18. The van der Waals surface area contributed by atoms with Gasteiger partial charge in [0, 0.05) is 25.8 Å². The maximum Gasteiger partial charge on any atom is 0 e. The van der Waals surface area contributed by atoms with Gasteiger partial charge >= 0.3 is 0 Å². The zero-order valence-corrected chi connectivity index (χ0v) is 18.1. The Balaban J connectivity index is 0.000000364. The van der Waals surface area contributed by atoms with E-state index >= 15 is 0 Å². The van der Waals surface area contributed by atoms with Gasteiger partial charge in [-0.2, -0.15) is 46.5 Å². The Bertz CT molecular complexity index is 439. The Labute approximate surface area is 150 Å². The van der Waals surface area contributed by atoms with Gasteiger partial charge in [-0.1, -0.05) is 66.2 Å². The van der Waals surface area contributed by atoms with Crippen LogP contribution in [-0.4, -0.2) is 0 Å². The average molecular weight is 449 g/mol. The van der Waals surface area contributed by atoms with Gasteiger partial charge in [0.2, 0.25) is 0 Å². The number of aryl methyl sites for hydroxylation is 2. The van der Waals surface area contributed by atoms with Gasteiger partial charge in [-0.15, -0.1) is 0 Å². The molecular weight excluding hydrogens is 419 g/mol. The second-order valence-corrected chi connectivity index (χ2v) is 6.12. The first kappa shape index (κ1) is 20.6. The van der Waals surface area contributed by atoms with Crippen LogP contribution in [0.25, 0.3) is 0 Å². The molecule has 0 unspecified atom stereocenters. The van der Waals surface area contributed by atoms with E-state index in [0.717, 1.165) is 12.8 Å². The molecule has 0 aromatic heterocycles. The van der Waals surface area contributed by atoms with Crippen molar-refractivity contribution in [2.24, 2.45) is 0 Å². The Morgan fingerprint density at radius 3 is 1.24 bits per heavy atom. The molecule has 2 aromatic carbocycles. The summed E-state index contributed by atoms with van der Waals surface area (Å²) in [7, 11) is 0. The van der Waals surface area contributed by atoms with Crippen LogP contribution in [0.5, 0.6) is 0 Å². The molecule has 0 amide bonds. The van der Waals surface area contributed by atoms with Gasteiger partial charge in [0.25, 0.3) is 0 Å². The Hall–Kier alpha value is -0.430. The molecule has 0 heterocycles. The molecule has 2 aromatic rings. The van der Waals surface area contributed by atoms with Gasteiger partial charge in [-0.25, -0.2) is 12.1 Å². The third-order valence-electron chi connectivity index (χ3n) is 3.83. The van der Waals surface area contributed by atoms with Crippen molar-refractivity contribution < 1.29 is 25.8 Å². The van der Waals surface area contributed by atoms with Gasteiger partial charge in [0.05, 0.1) is 0 Å². The molecule has 0 aliphatic heterocycles. The molecule has 0 spiro atoms. The topological polar surface area (TPSA) is 0 Å². The van der Waals surface area contributed by atoms with E-state index in [0.29, 0.717) is 11.8 Å². The zero-order chi connectivity index (χ0) is 15.1. The van der Waals surface area contributed by atoms with E-state index in [1.54, 1.807) is 0 Å². The van der Waals surface area contributed by atoms with Crippen LogP contribution in [0.15, 0.2) is 36.4 Å². The molecule has 0 fully saturated rings. The van der Waals surface area contributed by atoms with Crippen LogP contribution in [0.3, 0.4) is 0 Å². The predicted molar refractivity (Wildman–Crippen MR) is 91.0 cm³/mol. The van der Waals surface area contributed by atoms with E-state index in [1.807, 2.05) is 0 Å². The smallest absolute Gasteiger partial charge is 0 e. The quantitative estimate of drug-likeness (QED) is 0.387. The van der Waals surface area contributed by atoms with E-state index < -0.39 is 0 Å². The van der Waals surface area contributed by atoms with Crippen LogP contribution < -0.4 is 0 Å². The molecule has 0 radical (unpaired) electrons. The molecule has 0 N–H and O–H groups in total. The molecule has 116 valence electrons. The third-order valence-corrected chi connectivity index (χ3v) is 3.83. The van der Waals surface area contributed by atoms with Crippen LogP contribution >= 0.6 is 0 Å². The summed E-state index contributed by atoms with van der Waals surface area (Å²) in [6.45, 7) is 13.3. The minimum atomic E-state index is 0. The Kier molecular flexibility index (Phi) is 10.1. The van der Waals surface area contributed by atoms with Crippen LogP contribution in [-0.2, 0) is 38.7 Å². The molecule has 2 rings (SSSR count). The first-order valence-corrected chi connectivity index (χ1v) is 7.98. The fraction of sp³-hybridized carbons (Fsp3) is 0.500. The largest absolute Gasteiger partial charge is 0.210 e. The van der Waals surface area contributed by atoms with Crippen molar-refractivity contribution in [3.63, 3.8) is 0 Å². The number of rotatable bonds is 4. The molecule has 0 saturated carbocycles. The van der Waals surface area contributed by atoms with Gasteiger partial charge in [-0.3, -0.25) is 0 Å². The van der Waals surface area contributed by atoms with E-state index in [-0.39, 0.29) is 25.8 Å². The van der Waals surface area contributed by atoms with Crippen molar-refractivity contribution in [2.45, 2.75) is 66.2 Å². The van der Waals surface area contributed by atoms with E-state index in [4.69, 9.17) is 0 Å². The minimum absolute atomic E-state index is 0. The van der Waals surface area contributed by atoms with E-state index in [9.17, 15) is 0 Å². The van der Waals surface area contributed by atoms with Crippen LogP contribution in [0, 0.1) is 0 Å². The number of hydrogen-bond acceptors (Lipinski definition) is 0. The van der Waals surface area contributed by atoms with Crippen molar-refractivity contribution in [1.82, 2.24) is 0 Å². The van der Waals surface area contributed by atoms with Gasteiger partial charge in [0.1, 0.15) is 0 Å². The Morgan fingerprint density at radius 1 is 0.762 bits per heavy atom. The first-order chi connectivity index (χ1) is 9.47. The summed E-state index contributed by atoms with van der Waals surface area (Å²) in [5, 5.41) is 0. The normalized spacial score (nSPS) is 10.3. The molecule has 21 heavy (non-hydrogen) atoms. The van der Waals surface area contributed by atoms with Crippen molar-refractivity contribution in [3.8, 4) is 0 Å². The standard InChI is InChI=1S/2C10H15.Hf/c2*1-4-9-5-6-10(7-9)8(2)3;/h2*5-8H,4H2,1-3H3;/q2*-1;. The van der Waals surface area contributed by atoms with Crippen LogP contribution in [0.4, 0.5) is 0 Å². The monoisotopic (exact) mass is 450 g/mol. The summed E-state index contributed by atoms with van der Waals surface area (Å²) >= 11 is 0. The zero-order valence-electron chi connectivity index (χ0n) is 14.5. The van der Waals surface area contributed by atoms with Gasteiger partial charge < -0.3 is 0 Å². The van der Waals surface area contributed by atoms with Crippen LogP contribution in [0.2, 0.25) is 0 Å². The molecular formula is C20H30Hf-2.